The molecule has 2 rings (SSSR count). The van der Waals surface area contributed by atoms with Crippen molar-refractivity contribution in [1.82, 2.24) is 10.3 Å². The molecule has 0 atom stereocenters. The normalized spacial score (nSPS) is 18.6. The second-order valence-corrected chi connectivity index (χ2v) is 5.80. The van der Waals surface area contributed by atoms with E-state index in [1.54, 1.807) is 16.9 Å². The SMILES string of the molecule is CNCC(=Cc1nc(C)cs1)C1CCCCC1. The third-order valence-corrected chi connectivity index (χ3v) is 4.37. The number of rotatable bonds is 4. The molecule has 1 aliphatic rings. The van der Waals surface area contributed by atoms with Gasteiger partial charge in [0.25, 0.3) is 0 Å². The molecule has 1 heterocycles. The van der Waals surface area contributed by atoms with Crippen molar-refractivity contribution < 1.29 is 0 Å². The van der Waals surface area contributed by atoms with Gasteiger partial charge in [-0.25, -0.2) is 4.98 Å². The van der Waals surface area contributed by atoms with E-state index in [4.69, 9.17) is 0 Å². The summed E-state index contributed by atoms with van der Waals surface area (Å²) in [6, 6.07) is 0. The van der Waals surface area contributed by atoms with Crippen molar-refractivity contribution in [2.45, 2.75) is 39.0 Å². The van der Waals surface area contributed by atoms with E-state index in [-0.39, 0.29) is 0 Å². The summed E-state index contributed by atoms with van der Waals surface area (Å²) in [6.07, 6.45) is 9.23. The molecule has 0 spiro atoms. The largest absolute Gasteiger partial charge is 0.316 e. The molecule has 1 aliphatic carbocycles. The van der Waals surface area contributed by atoms with Gasteiger partial charge in [0.2, 0.25) is 0 Å². The van der Waals surface area contributed by atoms with Crippen molar-refractivity contribution in [2.75, 3.05) is 13.6 Å². The highest BCUT2D eigenvalue weighted by molar-refractivity contribution is 7.10. The Labute approximate surface area is 108 Å². The number of thiazole rings is 1. The lowest BCUT2D eigenvalue weighted by Gasteiger charge is -2.24. The summed E-state index contributed by atoms with van der Waals surface area (Å²) in [5.41, 5.74) is 2.68. The molecule has 1 saturated carbocycles. The molecule has 0 unspecified atom stereocenters. The Hall–Kier alpha value is -0.670. The maximum atomic E-state index is 4.54. The molecule has 3 heteroatoms. The topological polar surface area (TPSA) is 24.9 Å². The number of likely N-dealkylation sites (N-methyl/N-ethyl adjacent to an activating group) is 1. The predicted octanol–water partition coefficient (Wildman–Crippen LogP) is 3.63. The fourth-order valence-corrected chi connectivity index (χ4v) is 3.35. The molecule has 0 aliphatic heterocycles. The van der Waals surface area contributed by atoms with Gasteiger partial charge in [0.05, 0.1) is 0 Å². The molecule has 17 heavy (non-hydrogen) atoms. The van der Waals surface area contributed by atoms with Crippen LogP contribution >= 0.6 is 11.3 Å². The summed E-state index contributed by atoms with van der Waals surface area (Å²) in [7, 11) is 2.03. The lowest BCUT2D eigenvalue weighted by Crippen LogP contribution is -2.19. The molecule has 1 fully saturated rings. The quantitative estimate of drug-likeness (QED) is 0.882. The Morgan fingerprint density at radius 2 is 2.24 bits per heavy atom. The average Bonchev–Trinajstić information content (AvgIpc) is 2.75. The highest BCUT2D eigenvalue weighted by atomic mass is 32.1. The second-order valence-electron chi connectivity index (χ2n) is 4.91. The fourth-order valence-electron chi connectivity index (χ4n) is 2.59. The predicted molar refractivity (Wildman–Crippen MR) is 75.3 cm³/mol. The Morgan fingerprint density at radius 3 is 2.82 bits per heavy atom. The van der Waals surface area contributed by atoms with E-state index in [9.17, 15) is 0 Å². The van der Waals surface area contributed by atoms with Crippen LogP contribution in [0.1, 0.15) is 42.8 Å². The Bertz CT molecular complexity index is 375. The highest BCUT2D eigenvalue weighted by Crippen LogP contribution is 2.30. The van der Waals surface area contributed by atoms with Crippen molar-refractivity contribution >= 4 is 17.4 Å². The standard InChI is InChI=1S/C14H22N2S/c1-11-10-17-14(16-11)8-13(9-15-2)12-6-4-3-5-7-12/h8,10,12,15H,3-7,9H2,1-2H3. The van der Waals surface area contributed by atoms with E-state index in [1.165, 1.54) is 37.1 Å². The first-order valence-corrected chi connectivity index (χ1v) is 7.44. The monoisotopic (exact) mass is 250 g/mol. The number of nitrogens with one attached hydrogen (secondary N) is 1. The maximum Gasteiger partial charge on any atom is 0.116 e. The minimum absolute atomic E-state index is 0.778. The number of aromatic nitrogens is 1. The molecular formula is C14H22N2S. The van der Waals surface area contributed by atoms with Gasteiger partial charge in [-0.2, -0.15) is 0 Å². The summed E-state index contributed by atoms with van der Waals surface area (Å²) < 4.78 is 0. The zero-order valence-electron chi connectivity index (χ0n) is 10.8. The third kappa shape index (κ3) is 3.65. The van der Waals surface area contributed by atoms with Crippen molar-refractivity contribution in [3.8, 4) is 0 Å². The van der Waals surface area contributed by atoms with Crippen LogP contribution in [0.15, 0.2) is 11.0 Å². The summed E-state index contributed by atoms with van der Waals surface area (Å²) in [4.78, 5) is 4.54. The molecule has 1 aromatic rings. The van der Waals surface area contributed by atoms with Gasteiger partial charge < -0.3 is 5.32 Å². The van der Waals surface area contributed by atoms with Crippen LogP contribution < -0.4 is 5.32 Å². The Balaban J connectivity index is 2.12. The van der Waals surface area contributed by atoms with Crippen LogP contribution in [-0.4, -0.2) is 18.6 Å². The third-order valence-electron chi connectivity index (χ3n) is 3.46. The van der Waals surface area contributed by atoms with Gasteiger partial charge in [0.15, 0.2) is 0 Å². The number of hydrogen-bond donors (Lipinski definition) is 1. The van der Waals surface area contributed by atoms with Gasteiger partial charge in [0, 0.05) is 17.6 Å². The minimum atomic E-state index is 0.778. The van der Waals surface area contributed by atoms with E-state index >= 15 is 0 Å². The molecule has 0 amide bonds. The van der Waals surface area contributed by atoms with Crippen molar-refractivity contribution in [2.24, 2.45) is 5.92 Å². The van der Waals surface area contributed by atoms with Crippen LogP contribution in [0.2, 0.25) is 0 Å². The van der Waals surface area contributed by atoms with Gasteiger partial charge in [-0.1, -0.05) is 24.8 Å². The molecule has 0 bridgehead atoms. The van der Waals surface area contributed by atoms with E-state index in [0.29, 0.717) is 0 Å². The molecular weight excluding hydrogens is 228 g/mol. The van der Waals surface area contributed by atoms with E-state index in [2.05, 4.69) is 28.7 Å². The molecule has 0 radical (unpaired) electrons. The summed E-state index contributed by atoms with van der Waals surface area (Å²) in [6.45, 7) is 3.06. The zero-order valence-corrected chi connectivity index (χ0v) is 11.6. The van der Waals surface area contributed by atoms with Crippen LogP contribution in [0, 0.1) is 12.8 Å². The van der Waals surface area contributed by atoms with Crippen molar-refractivity contribution in [1.29, 1.82) is 0 Å². The van der Waals surface area contributed by atoms with E-state index in [0.717, 1.165) is 18.2 Å². The van der Waals surface area contributed by atoms with Gasteiger partial charge in [0.1, 0.15) is 5.01 Å². The van der Waals surface area contributed by atoms with Gasteiger partial charge in [-0.15, -0.1) is 11.3 Å². The van der Waals surface area contributed by atoms with Crippen molar-refractivity contribution in [3.05, 3.63) is 21.7 Å². The molecule has 94 valence electrons. The zero-order chi connectivity index (χ0) is 12.1. The minimum Gasteiger partial charge on any atom is -0.316 e. The summed E-state index contributed by atoms with van der Waals surface area (Å²) >= 11 is 1.75. The molecule has 1 N–H and O–H groups in total. The lowest BCUT2D eigenvalue weighted by atomic mass is 9.83. The first-order valence-electron chi connectivity index (χ1n) is 6.57. The number of hydrogen-bond acceptors (Lipinski definition) is 3. The number of aryl methyl sites for hydroxylation is 1. The molecule has 1 aromatic heterocycles. The Kier molecular flexibility index (Phi) is 4.75. The lowest BCUT2D eigenvalue weighted by molar-refractivity contribution is 0.398. The second kappa shape index (κ2) is 6.31. The van der Waals surface area contributed by atoms with Crippen LogP contribution in [0.3, 0.4) is 0 Å². The van der Waals surface area contributed by atoms with Crippen LogP contribution in [0.5, 0.6) is 0 Å². The first-order chi connectivity index (χ1) is 8.29. The van der Waals surface area contributed by atoms with E-state index < -0.39 is 0 Å². The molecule has 0 aromatic carbocycles. The Morgan fingerprint density at radius 1 is 1.47 bits per heavy atom. The average molecular weight is 250 g/mol. The smallest absolute Gasteiger partial charge is 0.116 e. The van der Waals surface area contributed by atoms with Crippen LogP contribution in [-0.2, 0) is 0 Å². The van der Waals surface area contributed by atoms with Gasteiger partial charge >= 0.3 is 0 Å². The van der Waals surface area contributed by atoms with Crippen molar-refractivity contribution in [3.63, 3.8) is 0 Å². The number of nitrogens with zero attached hydrogens (tertiary/aromatic N) is 1. The van der Waals surface area contributed by atoms with Gasteiger partial charge in [-0.05, 0) is 38.8 Å². The van der Waals surface area contributed by atoms with Crippen LogP contribution in [0.25, 0.3) is 6.08 Å². The van der Waals surface area contributed by atoms with Crippen LogP contribution in [0.4, 0.5) is 0 Å². The highest BCUT2D eigenvalue weighted by Gasteiger charge is 2.17. The molecule has 0 saturated heterocycles. The summed E-state index contributed by atoms with van der Waals surface area (Å²) in [5.74, 6) is 0.778. The fraction of sp³-hybridized carbons (Fsp3) is 0.643. The maximum absolute atomic E-state index is 4.54. The summed E-state index contributed by atoms with van der Waals surface area (Å²) in [5, 5.41) is 6.59. The molecule has 2 nitrogen and oxygen atoms in total. The first kappa shape index (κ1) is 12.8. The van der Waals surface area contributed by atoms with Gasteiger partial charge in [-0.3, -0.25) is 0 Å². The van der Waals surface area contributed by atoms with E-state index in [1.807, 2.05) is 7.05 Å².